The summed E-state index contributed by atoms with van der Waals surface area (Å²) >= 11 is 0. The fraction of sp³-hybridized carbons (Fsp3) is 0.529. The molecule has 0 atom stereocenters. The van der Waals surface area contributed by atoms with Gasteiger partial charge in [-0.2, -0.15) is 5.10 Å². The number of hydrogen-bond donors (Lipinski definition) is 2. The third-order valence-corrected chi connectivity index (χ3v) is 2.84. The van der Waals surface area contributed by atoms with Gasteiger partial charge in [-0.25, -0.2) is 0 Å². The standard InChI is InChI=1S/C13H17N3O.2C2H6/c1-9-5-6-10(2)12(8-9)16-15-11-4-3-7-14-13(11)17;2*1-2/h5-6,8,16H,3-4,7H2,1-2H3,(H,14,17);2*1-2H3/b15-11-;;. The zero-order chi connectivity index (χ0) is 16.3. The first-order chi connectivity index (χ1) is 10.2. The first-order valence-electron chi connectivity index (χ1n) is 7.85. The van der Waals surface area contributed by atoms with Gasteiger partial charge in [-0.15, -0.1) is 0 Å². The summed E-state index contributed by atoms with van der Waals surface area (Å²) in [6.07, 6.45) is 1.70. The van der Waals surface area contributed by atoms with Gasteiger partial charge in [-0.3, -0.25) is 10.2 Å². The van der Waals surface area contributed by atoms with Crippen molar-refractivity contribution in [1.29, 1.82) is 0 Å². The molecule has 0 bridgehead atoms. The van der Waals surface area contributed by atoms with Crippen LogP contribution in [0.15, 0.2) is 23.3 Å². The Balaban J connectivity index is 0.000000921. The molecule has 2 N–H and O–H groups in total. The van der Waals surface area contributed by atoms with Gasteiger partial charge in [0.2, 0.25) is 0 Å². The highest BCUT2D eigenvalue weighted by atomic mass is 16.2. The number of anilines is 1. The van der Waals surface area contributed by atoms with Crippen LogP contribution in [0.5, 0.6) is 0 Å². The molecule has 4 heteroatoms. The Morgan fingerprint density at radius 1 is 1.14 bits per heavy atom. The Kier molecular flexibility index (Phi) is 9.94. The number of carbonyl (C=O) groups excluding carboxylic acids is 1. The van der Waals surface area contributed by atoms with Gasteiger partial charge in [0.15, 0.2) is 0 Å². The second-order valence-corrected chi connectivity index (χ2v) is 4.35. The van der Waals surface area contributed by atoms with Gasteiger partial charge >= 0.3 is 0 Å². The second kappa shape index (κ2) is 10.9. The van der Waals surface area contributed by atoms with Crippen LogP contribution in [0, 0.1) is 13.8 Å². The van der Waals surface area contributed by atoms with Gasteiger partial charge in [-0.05, 0) is 43.9 Å². The molecule has 0 aromatic heterocycles. The van der Waals surface area contributed by atoms with Crippen LogP contribution < -0.4 is 10.7 Å². The van der Waals surface area contributed by atoms with Crippen molar-refractivity contribution in [2.75, 3.05) is 12.0 Å². The SMILES string of the molecule is CC.CC.Cc1ccc(C)c(N/N=C2/CCCNC2=O)c1. The minimum atomic E-state index is -0.0611. The summed E-state index contributed by atoms with van der Waals surface area (Å²) in [4.78, 5) is 11.5. The van der Waals surface area contributed by atoms with Crippen LogP contribution in [-0.4, -0.2) is 18.2 Å². The Labute approximate surface area is 129 Å². The molecule has 0 aliphatic carbocycles. The number of hydrogen-bond acceptors (Lipinski definition) is 3. The number of rotatable bonds is 2. The molecule has 0 unspecified atom stereocenters. The van der Waals surface area contributed by atoms with Gasteiger partial charge in [0.05, 0.1) is 5.69 Å². The van der Waals surface area contributed by atoms with Crippen LogP contribution in [0.1, 0.15) is 51.7 Å². The molecule has 4 nitrogen and oxygen atoms in total. The lowest BCUT2D eigenvalue weighted by Crippen LogP contribution is -2.37. The average molecular weight is 291 g/mol. The number of piperidine rings is 1. The number of nitrogens with zero attached hydrogens (tertiary/aromatic N) is 1. The Morgan fingerprint density at radius 3 is 2.43 bits per heavy atom. The summed E-state index contributed by atoms with van der Waals surface area (Å²) in [5, 5.41) is 6.98. The molecular weight excluding hydrogens is 262 g/mol. The number of benzene rings is 1. The van der Waals surface area contributed by atoms with E-state index in [1.165, 1.54) is 5.56 Å². The maximum Gasteiger partial charge on any atom is 0.267 e. The topological polar surface area (TPSA) is 53.5 Å². The summed E-state index contributed by atoms with van der Waals surface area (Å²) in [7, 11) is 0. The van der Waals surface area contributed by atoms with E-state index in [9.17, 15) is 4.79 Å². The van der Waals surface area contributed by atoms with Crippen LogP contribution in [0.2, 0.25) is 0 Å². The van der Waals surface area contributed by atoms with E-state index in [0.717, 1.165) is 30.6 Å². The van der Waals surface area contributed by atoms with Crippen molar-refractivity contribution in [3.63, 3.8) is 0 Å². The first kappa shape index (κ1) is 19.2. The van der Waals surface area contributed by atoms with E-state index in [1.807, 2.05) is 53.7 Å². The van der Waals surface area contributed by atoms with Gasteiger partial charge in [-0.1, -0.05) is 39.8 Å². The number of nitrogens with one attached hydrogen (secondary N) is 2. The zero-order valence-electron chi connectivity index (χ0n) is 14.2. The molecule has 118 valence electrons. The second-order valence-electron chi connectivity index (χ2n) is 4.35. The Morgan fingerprint density at radius 2 is 1.81 bits per heavy atom. The highest BCUT2D eigenvalue weighted by Gasteiger charge is 2.15. The molecule has 1 aromatic carbocycles. The van der Waals surface area contributed by atoms with Crippen molar-refractivity contribution in [3.8, 4) is 0 Å². The molecule has 0 saturated carbocycles. The van der Waals surface area contributed by atoms with Crippen LogP contribution in [-0.2, 0) is 4.79 Å². The first-order valence-corrected chi connectivity index (χ1v) is 7.85. The van der Waals surface area contributed by atoms with E-state index < -0.39 is 0 Å². The molecule has 1 fully saturated rings. The molecule has 1 heterocycles. The van der Waals surface area contributed by atoms with E-state index in [1.54, 1.807) is 0 Å². The van der Waals surface area contributed by atoms with Crippen molar-refractivity contribution in [3.05, 3.63) is 29.3 Å². The number of hydrazone groups is 1. The number of carbonyl (C=O) groups is 1. The summed E-state index contributed by atoms with van der Waals surface area (Å²) < 4.78 is 0. The highest BCUT2D eigenvalue weighted by Crippen LogP contribution is 2.16. The molecule has 1 aliphatic rings. The molecular formula is C17H29N3O. The third kappa shape index (κ3) is 6.43. The van der Waals surface area contributed by atoms with Gasteiger partial charge in [0, 0.05) is 6.54 Å². The average Bonchev–Trinajstić information content (AvgIpc) is 2.53. The maximum absolute atomic E-state index is 11.5. The van der Waals surface area contributed by atoms with E-state index in [-0.39, 0.29) is 5.91 Å². The highest BCUT2D eigenvalue weighted by molar-refractivity contribution is 6.39. The third-order valence-electron chi connectivity index (χ3n) is 2.84. The lowest BCUT2D eigenvalue weighted by atomic mass is 10.1. The molecule has 0 radical (unpaired) electrons. The van der Waals surface area contributed by atoms with Crippen molar-refractivity contribution in [1.82, 2.24) is 5.32 Å². The molecule has 1 saturated heterocycles. The van der Waals surface area contributed by atoms with E-state index in [4.69, 9.17) is 0 Å². The Hall–Kier alpha value is -1.84. The van der Waals surface area contributed by atoms with Crippen LogP contribution >= 0.6 is 0 Å². The summed E-state index contributed by atoms with van der Waals surface area (Å²) in [5.41, 5.74) is 6.81. The summed E-state index contributed by atoms with van der Waals surface area (Å²) in [6.45, 7) is 12.8. The quantitative estimate of drug-likeness (QED) is 0.808. The zero-order valence-corrected chi connectivity index (χ0v) is 14.2. The number of aryl methyl sites for hydroxylation is 2. The fourth-order valence-corrected chi connectivity index (χ4v) is 1.76. The van der Waals surface area contributed by atoms with E-state index in [0.29, 0.717) is 5.71 Å². The lowest BCUT2D eigenvalue weighted by Gasteiger charge is -2.14. The predicted molar refractivity (Wildman–Crippen MR) is 91.9 cm³/mol. The molecule has 1 aliphatic heterocycles. The molecule has 0 spiro atoms. The lowest BCUT2D eigenvalue weighted by molar-refractivity contribution is -0.115. The van der Waals surface area contributed by atoms with Crippen LogP contribution in [0.3, 0.4) is 0 Å². The smallest absolute Gasteiger partial charge is 0.267 e. The van der Waals surface area contributed by atoms with Gasteiger partial charge in [0.25, 0.3) is 5.91 Å². The molecule has 2 rings (SSSR count). The van der Waals surface area contributed by atoms with Crippen molar-refractivity contribution < 1.29 is 4.79 Å². The minimum absolute atomic E-state index is 0.0611. The van der Waals surface area contributed by atoms with Crippen molar-refractivity contribution in [2.24, 2.45) is 5.10 Å². The molecule has 21 heavy (non-hydrogen) atoms. The van der Waals surface area contributed by atoms with Gasteiger partial charge < -0.3 is 5.32 Å². The molecule has 1 amide bonds. The fourth-order valence-electron chi connectivity index (χ4n) is 1.76. The summed E-state index contributed by atoms with van der Waals surface area (Å²) in [5.74, 6) is -0.0611. The monoisotopic (exact) mass is 291 g/mol. The predicted octanol–water partition coefficient (Wildman–Crippen LogP) is 4.03. The largest absolute Gasteiger partial charge is 0.351 e. The summed E-state index contributed by atoms with van der Waals surface area (Å²) in [6, 6.07) is 6.12. The normalized spacial score (nSPS) is 15.1. The van der Waals surface area contributed by atoms with Crippen LogP contribution in [0.25, 0.3) is 0 Å². The van der Waals surface area contributed by atoms with E-state index in [2.05, 4.69) is 21.9 Å². The van der Waals surface area contributed by atoms with E-state index >= 15 is 0 Å². The van der Waals surface area contributed by atoms with Crippen LogP contribution in [0.4, 0.5) is 5.69 Å². The van der Waals surface area contributed by atoms with Crippen molar-refractivity contribution >= 4 is 17.3 Å². The van der Waals surface area contributed by atoms with Gasteiger partial charge in [0.1, 0.15) is 5.71 Å². The Bertz CT molecular complexity index is 467. The molecule has 1 aromatic rings. The number of amides is 1. The maximum atomic E-state index is 11.5. The van der Waals surface area contributed by atoms with Crippen molar-refractivity contribution in [2.45, 2.75) is 54.4 Å². The minimum Gasteiger partial charge on any atom is -0.351 e.